The maximum Gasteiger partial charge on any atom is 0.408 e. The summed E-state index contributed by atoms with van der Waals surface area (Å²) < 4.78 is 5.39. The molecule has 1 N–H and O–H groups in total. The molecule has 1 aromatic rings. The monoisotopic (exact) mass is 332 g/mol. The average Bonchev–Trinajstić information content (AvgIpc) is 2.52. The van der Waals surface area contributed by atoms with Gasteiger partial charge in [0.15, 0.2) is 0 Å². The highest BCUT2D eigenvalue weighted by molar-refractivity contribution is 5.79. The van der Waals surface area contributed by atoms with Gasteiger partial charge in [-0.15, -0.1) is 0 Å². The van der Waals surface area contributed by atoms with E-state index in [1.54, 1.807) is 0 Å². The van der Waals surface area contributed by atoms with Crippen molar-refractivity contribution in [1.82, 2.24) is 10.2 Å². The van der Waals surface area contributed by atoms with E-state index in [2.05, 4.69) is 10.2 Å². The number of alkyl carbamates (subject to hydrolysis) is 1. The number of ether oxygens (including phenoxy) is 1. The van der Waals surface area contributed by atoms with Gasteiger partial charge in [0.1, 0.15) is 11.4 Å². The number of carbonyl (C=O) groups excluding carboxylic acids is 2. The highest BCUT2D eigenvalue weighted by atomic mass is 16.6. The van der Waals surface area contributed by atoms with E-state index in [1.165, 1.54) is 0 Å². The van der Waals surface area contributed by atoms with Gasteiger partial charge in [-0.2, -0.15) is 0 Å². The first-order valence-corrected chi connectivity index (χ1v) is 8.62. The molecule has 0 aliphatic carbocycles. The van der Waals surface area contributed by atoms with Crippen LogP contribution in [0.15, 0.2) is 30.3 Å². The van der Waals surface area contributed by atoms with Crippen LogP contribution < -0.4 is 5.32 Å². The number of likely N-dealkylation sites (tertiary alicyclic amines) is 1. The van der Waals surface area contributed by atoms with Gasteiger partial charge in [-0.3, -0.25) is 4.79 Å². The molecule has 2 rings (SSSR count). The molecule has 132 valence electrons. The molecule has 5 nitrogen and oxygen atoms in total. The zero-order valence-electron chi connectivity index (χ0n) is 14.9. The van der Waals surface area contributed by atoms with Gasteiger partial charge in [0.2, 0.25) is 0 Å². The second kappa shape index (κ2) is 8.29. The van der Waals surface area contributed by atoms with Gasteiger partial charge in [-0.05, 0) is 32.8 Å². The van der Waals surface area contributed by atoms with Crippen LogP contribution >= 0.6 is 0 Å². The zero-order valence-corrected chi connectivity index (χ0v) is 14.9. The molecule has 1 aliphatic rings. The normalized spacial score (nSPS) is 17.4. The fourth-order valence-electron chi connectivity index (χ4n) is 2.80. The first-order chi connectivity index (χ1) is 11.3. The highest BCUT2D eigenvalue weighted by Gasteiger charge is 2.22. The van der Waals surface area contributed by atoms with Crippen molar-refractivity contribution in [3.05, 3.63) is 35.9 Å². The van der Waals surface area contributed by atoms with Gasteiger partial charge in [-0.1, -0.05) is 30.3 Å². The molecule has 1 heterocycles. The summed E-state index contributed by atoms with van der Waals surface area (Å²) in [5, 5.41) is 2.98. The van der Waals surface area contributed by atoms with Crippen molar-refractivity contribution >= 4 is 11.9 Å². The van der Waals surface area contributed by atoms with Gasteiger partial charge in [0.05, 0.1) is 6.04 Å². The number of nitrogens with zero attached hydrogens (tertiary/aromatic N) is 1. The van der Waals surface area contributed by atoms with E-state index in [4.69, 9.17) is 4.74 Å². The molecule has 0 spiro atoms. The smallest absolute Gasteiger partial charge is 0.408 e. The molecule has 1 fully saturated rings. The number of nitrogens with one attached hydrogen (secondary N) is 1. The summed E-state index contributed by atoms with van der Waals surface area (Å²) in [6.45, 7) is 8.04. The summed E-state index contributed by atoms with van der Waals surface area (Å²) in [6.07, 6.45) is 1.66. The minimum Gasteiger partial charge on any atom is -0.444 e. The van der Waals surface area contributed by atoms with Crippen LogP contribution in [-0.2, 0) is 9.53 Å². The Kier molecular flexibility index (Phi) is 6.37. The molecule has 1 saturated heterocycles. The molecule has 1 amide bonds. The van der Waals surface area contributed by atoms with Gasteiger partial charge in [-0.25, -0.2) is 4.79 Å². The Morgan fingerprint density at radius 1 is 1.21 bits per heavy atom. The van der Waals surface area contributed by atoms with Crippen molar-refractivity contribution in [2.24, 2.45) is 0 Å². The summed E-state index contributed by atoms with van der Waals surface area (Å²) >= 11 is 0. The molecule has 1 aromatic carbocycles. The molecular formula is C19H28N2O3. The summed E-state index contributed by atoms with van der Waals surface area (Å²) in [7, 11) is 0. The lowest BCUT2D eigenvalue weighted by atomic mass is 10.0. The Morgan fingerprint density at radius 3 is 2.42 bits per heavy atom. The van der Waals surface area contributed by atoms with Crippen molar-refractivity contribution in [3.63, 3.8) is 0 Å². The maximum atomic E-state index is 12.1. The topological polar surface area (TPSA) is 58.6 Å². The third-order valence-corrected chi connectivity index (χ3v) is 4.04. The third kappa shape index (κ3) is 6.32. The number of Topliss-reactive ketones (excluding diaryl/α,β-unsaturated/α-hetero) is 1. The first-order valence-electron chi connectivity index (χ1n) is 8.62. The molecule has 0 bridgehead atoms. The van der Waals surface area contributed by atoms with Crippen LogP contribution in [0.3, 0.4) is 0 Å². The lowest BCUT2D eigenvalue weighted by Crippen LogP contribution is -2.38. The van der Waals surface area contributed by atoms with Gasteiger partial charge >= 0.3 is 6.09 Å². The Hall–Kier alpha value is -1.88. The van der Waals surface area contributed by atoms with Gasteiger partial charge in [0.25, 0.3) is 0 Å². The summed E-state index contributed by atoms with van der Waals surface area (Å²) in [5.74, 6) is 0.345. The predicted octanol–water partition coefficient (Wildman–Crippen LogP) is 3.31. The minimum atomic E-state index is -0.515. The lowest BCUT2D eigenvalue weighted by Gasteiger charge is -2.29. The standard InChI is InChI=1S/C19H28N2O3/c1-19(2,3)24-18(23)20-17(15-7-5-4-6-8-15)11-14-21-12-9-16(22)10-13-21/h4-8,17H,9-14H2,1-3H3,(H,20,23). The van der Waals surface area contributed by atoms with E-state index in [9.17, 15) is 9.59 Å². The SMILES string of the molecule is CC(C)(C)OC(=O)NC(CCN1CCC(=O)CC1)c1ccccc1. The first kappa shape index (κ1) is 18.5. The van der Waals surface area contributed by atoms with E-state index in [-0.39, 0.29) is 6.04 Å². The van der Waals surface area contributed by atoms with Crippen LogP contribution in [0.2, 0.25) is 0 Å². The summed E-state index contributed by atoms with van der Waals surface area (Å²) in [6, 6.07) is 9.84. The lowest BCUT2D eigenvalue weighted by molar-refractivity contribution is -0.121. The number of hydrogen-bond donors (Lipinski definition) is 1. The molecule has 1 aliphatic heterocycles. The molecule has 0 saturated carbocycles. The Bertz CT molecular complexity index is 541. The molecule has 1 unspecified atom stereocenters. The molecular weight excluding hydrogens is 304 g/mol. The van der Waals surface area contributed by atoms with Crippen LogP contribution in [0, 0.1) is 0 Å². The second-order valence-electron chi connectivity index (χ2n) is 7.28. The van der Waals surface area contributed by atoms with E-state index in [0.29, 0.717) is 18.6 Å². The molecule has 1 atom stereocenters. The largest absolute Gasteiger partial charge is 0.444 e. The van der Waals surface area contributed by atoms with E-state index in [1.807, 2.05) is 51.1 Å². The number of ketones is 1. The van der Waals surface area contributed by atoms with Gasteiger partial charge in [0, 0.05) is 32.5 Å². The van der Waals surface area contributed by atoms with Crippen molar-refractivity contribution in [1.29, 1.82) is 0 Å². The number of benzene rings is 1. The number of piperidine rings is 1. The molecule has 24 heavy (non-hydrogen) atoms. The average molecular weight is 332 g/mol. The minimum absolute atomic E-state index is 0.0984. The van der Waals surface area contributed by atoms with Crippen LogP contribution in [0.4, 0.5) is 4.79 Å². The quantitative estimate of drug-likeness (QED) is 0.899. The van der Waals surface area contributed by atoms with Crippen molar-refractivity contribution < 1.29 is 14.3 Å². The third-order valence-electron chi connectivity index (χ3n) is 4.04. The second-order valence-corrected chi connectivity index (χ2v) is 7.28. The van der Waals surface area contributed by atoms with E-state index < -0.39 is 11.7 Å². The fraction of sp³-hybridized carbons (Fsp3) is 0.579. The predicted molar refractivity (Wildman–Crippen MR) is 93.9 cm³/mol. The number of carbonyl (C=O) groups is 2. The fourth-order valence-corrected chi connectivity index (χ4v) is 2.80. The van der Waals surface area contributed by atoms with Crippen LogP contribution in [0.25, 0.3) is 0 Å². The number of hydrogen-bond acceptors (Lipinski definition) is 4. The van der Waals surface area contributed by atoms with E-state index >= 15 is 0 Å². The molecule has 0 radical (unpaired) electrons. The van der Waals surface area contributed by atoms with Crippen molar-refractivity contribution in [3.8, 4) is 0 Å². The van der Waals surface area contributed by atoms with Crippen LogP contribution in [0.5, 0.6) is 0 Å². The van der Waals surface area contributed by atoms with E-state index in [0.717, 1.165) is 31.6 Å². The molecule has 0 aromatic heterocycles. The Morgan fingerprint density at radius 2 is 1.83 bits per heavy atom. The maximum absolute atomic E-state index is 12.1. The van der Waals surface area contributed by atoms with Crippen molar-refractivity contribution in [2.75, 3.05) is 19.6 Å². The Balaban J connectivity index is 1.95. The number of rotatable bonds is 5. The van der Waals surface area contributed by atoms with Gasteiger partial charge < -0.3 is 15.0 Å². The Labute approximate surface area is 144 Å². The molecule has 5 heteroatoms. The van der Waals surface area contributed by atoms with Crippen molar-refractivity contribution in [2.45, 2.75) is 51.7 Å². The van der Waals surface area contributed by atoms with Crippen LogP contribution in [-0.4, -0.2) is 42.0 Å². The summed E-state index contributed by atoms with van der Waals surface area (Å²) in [4.78, 5) is 25.8. The summed E-state index contributed by atoms with van der Waals surface area (Å²) in [5.41, 5.74) is 0.551. The van der Waals surface area contributed by atoms with Crippen LogP contribution in [0.1, 0.15) is 51.6 Å². The number of amides is 1. The highest BCUT2D eigenvalue weighted by Crippen LogP contribution is 2.19. The zero-order chi connectivity index (χ0) is 17.6.